The third-order valence-electron chi connectivity index (χ3n) is 3.05. The van der Waals surface area contributed by atoms with E-state index >= 15 is 0 Å². The Bertz CT molecular complexity index is 758. The first kappa shape index (κ1) is 12.3. The number of nitrogens with one attached hydrogen (secondary N) is 1. The lowest BCUT2D eigenvalue weighted by atomic mass is 10.2. The summed E-state index contributed by atoms with van der Waals surface area (Å²) in [5.74, 6) is 1.94. The van der Waals surface area contributed by atoms with Crippen LogP contribution in [0.2, 0.25) is 0 Å². The van der Waals surface area contributed by atoms with Gasteiger partial charge in [0.2, 0.25) is 5.88 Å². The Morgan fingerprint density at radius 3 is 2.80 bits per heavy atom. The van der Waals surface area contributed by atoms with Crippen molar-refractivity contribution in [1.82, 2.24) is 15.0 Å². The second-order valence-corrected chi connectivity index (χ2v) is 4.37. The van der Waals surface area contributed by atoms with Crippen molar-refractivity contribution in [3.8, 4) is 11.6 Å². The number of pyridine rings is 1. The zero-order valence-corrected chi connectivity index (χ0v) is 11.3. The highest BCUT2D eigenvalue weighted by Crippen LogP contribution is 2.27. The molecular formula is C15H14N4O. The molecule has 5 heteroatoms. The van der Waals surface area contributed by atoms with E-state index in [-0.39, 0.29) is 0 Å². The molecule has 0 saturated carbocycles. The van der Waals surface area contributed by atoms with Gasteiger partial charge in [0.1, 0.15) is 17.9 Å². The van der Waals surface area contributed by atoms with Crippen LogP contribution in [0.25, 0.3) is 10.9 Å². The number of para-hydroxylation sites is 1. The van der Waals surface area contributed by atoms with Crippen LogP contribution in [-0.2, 0) is 0 Å². The van der Waals surface area contributed by atoms with Crippen molar-refractivity contribution in [1.29, 1.82) is 0 Å². The summed E-state index contributed by atoms with van der Waals surface area (Å²) in [7, 11) is 1.82. The van der Waals surface area contributed by atoms with E-state index in [9.17, 15) is 0 Å². The van der Waals surface area contributed by atoms with E-state index < -0.39 is 0 Å². The van der Waals surface area contributed by atoms with Crippen molar-refractivity contribution < 1.29 is 4.74 Å². The van der Waals surface area contributed by atoms with Gasteiger partial charge in [-0.15, -0.1) is 0 Å². The SMILES string of the molecule is CNc1ncnc(Oc2cnc3ccccc3c2)c1C. The second-order valence-electron chi connectivity index (χ2n) is 4.37. The zero-order chi connectivity index (χ0) is 13.9. The lowest BCUT2D eigenvalue weighted by molar-refractivity contribution is 0.456. The van der Waals surface area contributed by atoms with E-state index in [1.165, 1.54) is 6.33 Å². The van der Waals surface area contributed by atoms with Crippen molar-refractivity contribution in [3.63, 3.8) is 0 Å². The number of fused-ring (bicyclic) bond motifs is 1. The molecule has 0 atom stereocenters. The summed E-state index contributed by atoms with van der Waals surface area (Å²) in [5.41, 5.74) is 1.80. The van der Waals surface area contributed by atoms with Crippen molar-refractivity contribution in [3.05, 3.63) is 48.4 Å². The van der Waals surface area contributed by atoms with Crippen LogP contribution in [0.15, 0.2) is 42.9 Å². The van der Waals surface area contributed by atoms with Gasteiger partial charge in [-0.3, -0.25) is 4.98 Å². The molecule has 3 aromatic rings. The Morgan fingerprint density at radius 1 is 1.10 bits per heavy atom. The number of benzene rings is 1. The zero-order valence-electron chi connectivity index (χ0n) is 11.3. The van der Waals surface area contributed by atoms with Crippen LogP contribution in [0, 0.1) is 6.92 Å². The number of ether oxygens (including phenoxy) is 1. The molecule has 0 amide bonds. The molecule has 1 N–H and O–H groups in total. The smallest absolute Gasteiger partial charge is 0.227 e. The summed E-state index contributed by atoms with van der Waals surface area (Å²) in [4.78, 5) is 12.7. The molecule has 2 heterocycles. The summed E-state index contributed by atoms with van der Waals surface area (Å²) < 4.78 is 5.81. The minimum atomic E-state index is 0.529. The van der Waals surface area contributed by atoms with E-state index in [4.69, 9.17) is 4.74 Å². The summed E-state index contributed by atoms with van der Waals surface area (Å²) in [6.45, 7) is 1.91. The van der Waals surface area contributed by atoms with Gasteiger partial charge in [-0.1, -0.05) is 18.2 Å². The fourth-order valence-corrected chi connectivity index (χ4v) is 2.01. The summed E-state index contributed by atoms with van der Waals surface area (Å²) in [5, 5.41) is 4.04. The maximum atomic E-state index is 5.81. The summed E-state index contributed by atoms with van der Waals surface area (Å²) in [6.07, 6.45) is 3.17. The third-order valence-corrected chi connectivity index (χ3v) is 3.05. The van der Waals surface area contributed by atoms with Crippen molar-refractivity contribution >= 4 is 16.7 Å². The monoisotopic (exact) mass is 266 g/mol. The largest absolute Gasteiger partial charge is 0.437 e. The number of hydrogen-bond acceptors (Lipinski definition) is 5. The van der Waals surface area contributed by atoms with Gasteiger partial charge in [0.15, 0.2) is 0 Å². The normalized spacial score (nSPS) is 10.5. The summed E-state index contributed by atoms with van der Waals surface area (Å²) >= 11 is 0. The van der Waals surface area contributed by atoms with Crippen LogP contribution >= 0.6 is 0 Å². The molecule has 0 bridgehead atoms. The molecule has 0 aliphatic carbocycles. The van der Waals surface area contributed by atoms with Crippen LogP contribution in [0.5, 0.6) is 11.6 Å². The fraction of sp³-hybridized carbons (Fsp3) is 0.133. The van der Waals surface area contributed by atoms with Gasteiger partial charge in [0.25, 0.3) is 0 Å². The predicted octanol–water partition coefficient (Wildman–Crippen LogP) is 3.17. The Morgan fingerprint density at radius 2 is 1.95 bits per heavy atom. The molecule has 0 fully saturated rings. The Hall–Kier alpha value is -2.69. The van der Waals surface area contributed by atoms with Gasteiger partial charge in [-0.25, -0.2) is 9.97 Å². The predicted molar refractivity (Wildman–Crippen MR) is 78.1 cm³/mol. The quantitative estimate of drug-likeness (QED) is 0.789. The van der Waals surface area contributed by atoms with E-state index in [0.29, 0.717) is 11.6 Å². The molecule has 0 aliphatic heterocycles. The molecule has 0 spiro atoms. The van der Waals surface area contributed by atoms with Crippen LogP contribution < -0.4 is 10.1 Å². The summed E-state index contributed by atoms with van der Waals surface area (Å²) in [6, 6.07) is 9.85. The van der Waals surface area contributed by atoms with Gasteiger partial charge >= 0.3 is 0 Å². The number of rotatable bonds is 3. The van der Waals surface area contributed by atoms with Gasteiger partial charge < -0.3 is 10.1 Å². The molecule has 2 aromatic heterocycles. The highest BCUT2D eigenvalue weighted by Gasteiger charge is 2.08. The second kappa shape index (κ2) is 5.13. The van der Waals surface area contributed by atoms with E-state index in [0.717, 1.165) is 22.3 Å². The molecule has 1 aromatic carbocycles. The number of hydrogen-bond donors (Lipinski definition) is 1. The van der Waals surface area contributed by atoms with Crippen LogP contribution in [-0.4, -0.2) is 22.0 Å². The molecule has 0 saturated heterocycles. The first-order chi connectivity index (χ1) is 9.78. The Balaban J connectivity index is 1.97. The van der Waals surface area contributed by atoms with Crippen molar-refractivity contribution in [2.75, 3.05) is 12.4 Å². The Kier molecular flexibility index (Phi) is 3.16. The highest BCUT2D eigenvalue weighted by atomic mass is 16.5. The first-order valence-electron chi connectivity index (χ1n) is 6.30. The van der Waals surface area contributed by atoms with Crippen molar-refractivity contribution in [2.45, 2.75) is 6.92 Å². The number of nitrogens with zero attached hydrogens (tertiary/aromatic N) is 3. The fourth-order valence-electron chi connectivity index (χ4n) is 2.01. The lowest BCUT2D eigenvalue weighted by Gasteiger charge is -2.10. The molecule has 0 radical (unpaired) electrons. The molecule has 5 nitrogen and oxygen atoms in total. The number of anilines is 1. The minimum Gasteiger partial charge on any atom is -0.437 e. The molecular weight excluding hydrogens is 252 g/mol. The van der Waals surface area contributed by atoms with E-state index in [1.54, 1.807) is 6.20 Å². The van der Waals surface area contributed by atoms with Gasteiger partial charge in [0.05, 0.1) is 17.3 Å². The first-order valence-corrected chi connectivity index (χ1v) is 6.30. The standard InChI is InChI=1S/C15H14N4O/c1-10-14(16-2)18-9-19-15(10)20-12-7-11-5-3-4-6-13(11)17-8-12/h3-9H,1-2H3,(H,16,18,19). The number of aromatic nitrogens is 3. The van der Waals surface area contributed by atoms with Gasteiger partial charge in [0, 0.05) is 12.4 Å². The maximum Gasteiger partial charge on any atom is 0.227 e. The van der Waals surface area contributed by atoms with Crippen LogP contribution in [0.1, 0.15) is 5.56 Å². The third kappa shape index (κ3) is 2.25. The Labute approximate surface area is 116 Å². The molecule has 0 unspecified atom stereocenters. The van der Waals surface area contributed by atoms with E-state index in [1.807, 2.05) is 44.3 Å². The van der Waals surface area contributed by atoms with Gasteiger partial charge in [-0.2, -0.15) is 0 Å². The van der Waals surface area contributed by atoms with Crippen LogP contribution in [0.3, 0.4) is 0 Å². The minimum absolute atomic E-state index is 0.529. The molecule has 20 heavy (non-hydrogen) atoms. The molecule has 3 rings (SSSR count). The van der Waals surface area contributed by atoms with Gasteiger partial charge in [-0.05, 0) is 19.1 Å². The average molecular weight is 266 g/mol. The van der Waals surface area contributed by atoms with Crippen LogP contribution in [0.4, 0.5) is 5.82 Å². The molecule has 100 valence electrons. The van der Waals surface area contributed by atoms with E-state index in [2.05, 4.69) is 20.3 Å². The lowest BCUT2D eigenvalue weighted by Crippen LogP contribution is -2.00. The van der Waals surface area contributed by atoms with Crippen molar-refractivity contribution in [2.24, 2.45) is 0 Å². The highest BCUT2D eigenvalue weighted by molar-refractivity contribution is 5.79. The average Bonchev–Trinajstić information content (AvgIpc) is 2.49. The maximum absolute atomic E-state index is 5.81. The topological polar surface area (TPSA) is 59.9 Å². The molecule has 0 aliphatic rings.